The zero-order valence-electron chi connectivity index (χ0n) is 18.0. The van der Waals surface area contributed by atoms with Crippen LogP contribution in [0.15, 0.2) is 29.3 Å². The number of aromatic nitrogens is 3. The Morgan fingerprint density at radius 1 is 1.25 bits per heavy atom. The molecule has 2 saturated heterocycles. The summed E-state index contributed by atoms with van der Waals surface area (Å²) >= 11 is 0. The van der Waals surface area contributed by atoms with Gasteiger partial charge in [-0.05, 0) is 31.9 Å². The number of nitriles is 1. The molecular weight excluding hydrogens is 412 g/mol. The molecule has 1 amide bonds. The van der Waals surface area contributed by atoms with E-state index in [4.69, 9.17) is 14.7 Å². The summed E-state index contributed by atoms with van der Waals surface area (Å²) in [5, 5.41) is 15.0. The van der Waals surface area contributed by atoms with Crippen molar-refractivity contribution < 1.29 is 14.3 Å². The number of amides is 1. The van der Waals surface area contributed by atoms with E-state index in [-0.39, 0.29) is 23.7 Å². The number of carbonyl (C=O) groups excluding carboxylic acids is 1. The molecule has 2 aromatic heterocycles. The molecule has 0 unspecified atom stereocenters. The number of ether oxygens (including phenoxy) is 2. The molecule has 0 spiro atoms. The van der Waals surface area contributed by atoms with Gasteiger partial charge >= 0.3 is 0 Å². The molecule has 1 N–H and O–H groups in total. The summed E-state index contributed by atoms with van der Waals surface area (Å²) in [6.07, 6.45) is 4.81. The van der Waals surface area contributed by atoms with Crippen LogP contribution in [0.1, 0.15) is 30.4 Å². The highest BCUT2D eigenvalue weighted by Gasteiger charge is 2.30. The van der Waals surface area contributed by atoms with Crippen LogP contribution in [0.4, 0.5) is 5.82 Å². The Bertz CT molecular complexity index is 1040. The largest absolute Gasteiger partial charge is 0.489 e. The Hall–Kier alpha value is -3.45. The van der Waals surface area contributed by atoms with E-state index < -0.39 is 0 Å². The van der Waals surface area contributed by atoms with Gasteiger partial charge in [-0.2, -0.15) is 10.4 Å². The molecule has 32 heavy (non-hydrogen) atoms. The van der Waals surface area contributed by atoms with Crippen LogP contribution in [0.5, 0.6) is 5.75 Å². The standard InChI is InChI=1S/C22H26N6O4/c1-15-19(13-25-26-22(15)30)31-14-18-4-3-17(32-18)10-21(29)28-8-6-27(7-9-28)20-5-2-16(11-23)12-24-20/h2,5,12-13,17-18H,3-4,6-10,14H2,1H3,(H,26,30)/t17-,18+/m0/s1. The SMILES string of the molecule is Cc1c(OC[C@H]2CC[C@@H](CC(=O)N3CCN(c4ccc(C#N)cn4)CC3)O2)cn[nH]c1=O. The predicted molar refractivity (Wildman–Crippen MR) is 115 cm³/mol. The van der Waals surface area contributed by atoms with Gasteiger partial charge in [-0.25, -0.2) is 10.1 Å². The summed E-state index contributed by atoms with van der Waals surface area (Å²) in [6, 6.07) is 5.66. The van der Waals surface area contributed by atoms with Crippen molar-refractivity contribution in [1.29, 1.82) is 5.26 Å². The third kappa shape index (κ3) is 5.06. The molecule has 2 aliphatic heterocycles. The fourth-order valence-electron chi connectivity index (χ4n) is 3.97. The molecule has 10 nitrogen and oxygen atoms in total. The van der Waals surface area contributed by atoms with Crippen molar-refractivity contribution in [3.05, 3.63) is 46.0 Å². The fourth-order valence-corrected chi connectivity index (χ4v) is 3.97. The van der Waals surface area contributed by atoms with Gasteiger partial charge in [-0.1, -0.05) is 0 Å². The zero-order valence-corrected chi connectivity index (χ0v) is 18.0. The number of nitrogens with zero attached hydrogens (tertiary/aromatic N) is 5. The average molecular weight is 438 g/mol. The normalized spacial score (nSPS) is 20.8. The molecule has 2 aromatic rings. The predicted octanol–water partition coefficient (Wildman–Crippen LogP) is 1.01. The highest BCUT2D eigenvalue weighted by Crippen LogP contribution is 2.24. The van der Waals surface area contributed by atoms with Gasteiger partial charge in [-0.15, -0.1) is 0 Å². The number of nitrogens with one attached hydrogen (secondary N) is 1. The maximum Gasteiger partial charge on any atom is 0.270 e. The second-order valence-electron chi connectivity index (χ2n) is 8.05. The van der Waals surface area contributed by atoms with Crippen LogP contribution in [-0.2, 0) is 9.53 Å². The van der Waals surface area contributed by atoms with Crippen molar-refractivity contribution in [2.45, 2.75) is 38.4 Å². The summed E-state index contributed by atoms with van der Waals surface area (Å²) in [5.41, 5.74) is 0.750. The third-order valence-electron chi connectivity index (χ3n) is 5.91. The molecule has 168 valence electrons. The number of piperazine rings is 1. The average Bonchev–Trinajstić information content (AvgIpc) is 3.27. The lowest BCUT2D eigenvalue weighted by atomic mass is 10.1. The van der Waals surface area contributed by atoms with E-state index in [2.05, 4.69) is 26.2 Å². The molecular formula is C22H26N6O4. The Morgan fingerprint density at radius 3 is 2.75 bits per heavy atom. The van der Waals surface area contributed by atoms with Crippen LogP contribution >= 0.6 is 0 Å². The van der Waals surface area contributed by atoms with E-state index in [1.807, 2.05) is 11.0 Å². The third-order valence-corrected chi connectivity index (χ3v) is 5.91. The summed E-state index contributed by atoms with van der Waals surface area (Å²) in [7, 11) is 0. The van der Waals surface area contributed by atoms with E-state index >= 15 is 0 Å². The van der Waals surface area contributed by atoms with Crippen molar-refractivity contribution in [2.75, 3.05) is 37.7 Å². The minimum Gasteiger partial charge on any atom is -0.489 e. The van der Waals surface area contributed by atoms with Gasteiger partial charge in [0.25, 0.3) is 5.56 Å². The van der Waals surface area contributed by atoms with Gasteiger partial charge in [-0.3, -0.25) is 9.59 Å². The van der Waals surface area contributed by atoms with Gasteiger partial charge < -0.3 is 19.3 Å². The molecule has 0 aromatic carbocycles. The first-order valence-electron chi connectivity index (χ1n) is 10.7. The number of rotatable bonds is 6. The molecule has 4 heterocycles. The van der Waals surface area contributed by atoms with Gasteiger partial charge in [0.1, 0.15) is 24.2 Å². The lowest BCUT2D eigenvalue weighted by Crippen LogP contribution is -2.49. The quantitative estimate of drug-likeness (QED) is 0.709. The van der Waals surface area contributed by atoms with Crippen LogP contribution in [0.2, 0.25) is 0 Å². The highest BCUT2D eigenvalue weighted by molar-refractivity contribution is 5.77. The van der Waals surface area contributed by atoms with Crippen LogP contribution < -0.4 is 15.2 Å². The maximum atomic E-state index is 12.7. The molecule has 0 aliphatic carbocycles. The smallest absolute Gasteiger partial charge is 0.270 e. The van der Waals surface area contributed by atoms with E-state index in [0.717, 1.165) is 18.7 Å². The topological polar surface area (TPSA) is 124 Å². The van der Waals surface area contributed by atoms with E-state index in [1.54, 1.807) is 19.2 Å². The van der Waals surface area contributed by atoms with Crippen molar-refractivity contribution in [3.8, 4) is 11.8 Å². The van der Waals surface area contributed by atoms with E-state index in [9.17, 15) is 9.59 Å². The number of pyridine rings is 1. The first-order valence-corrected chi connectivity index (χ1v) is 10.7. The summed E-state index contributed by atoms with van der Waals surface area (Å²) in [6.45, 7) is 4.69. The summed E-state index contributed by atoms with van der Waals surface area (Å²) in [5.74, 6) is 1.37. The molecule has 4 rings (SSSR count). The molecule has 10 heteroatoms. The first kappa shape index (κ1) is 21.8. The van der Waals surface area contributed by atoms with Crippen LogP contribution in [-0.4, -0.2) is 71.0 Å². The second-order valence-corrected chi connectivity index (χ2v) is 8.05. The second kappa shape index (κ2) is 9.78. The number of aromatic amines is 1. The molecule has 0 saturated carbocycles. The van der Waals surface area contributed by atoms with Crippen molar-refractivity contribution in [3.63, 3.8) is 0 Å². The molecule has 0 radical (unpaired) electrons. The van der Waals surface area contributed by atoms with Gasteiger partial charge in [0.05, 0.1) is 36.0 Å². The minimum absolute atomic E-state index is 0.0960. The van der Waals surface area contributed by atoms with E-state index in [1.165, 1.54) is 6.20 Å². The van der Waals surface area contributed by atoms with Crippen molar-refractivity contribution in [1.82, 2.24) is 20.1 Å². The Kier molecular flexibility index (Phi) is 6.66. The number of hydrogen-bond donors (Lipinski definition) is 1. The fraction of sp³-hybridized carbons (Fsp3) is 0.500. The Balaban J connectivity index is 1.20. The van der Waals surface area contributed by atoms with Crippen molar-refractivity contribution >= 4 is 11.7 Å². The Labute approximate surface area is 185 Å². The van der Waals surface area contributed by atoms with Gasteiger partial charge in [0.2, 0.25) is 5.91 Å². The monoisotopic (exact) mass is 438 g/mol. The van der Waals surface area contributed by atoms with Crippen LogP contribution in [0, 0.1) is 18.3 Å². The number of hydrogen-bond acceptors (Lipinski definition) is 8. The van der Waals surface area contributed by atoms with Gasteiger partial charge in [0.15, 0.2) is 0 Å². The van der Waals surface area contributed by atoms with Crippen molar-refractivity contribution in [2.24, 2.45) is 0 Å². The molecule has 0 bridgehead atoms. The lowest BCUT2D eigenvalue weighted by Gasteiger charge is -2.35. The highest BCUT2D eigenvalue weighted by atomic mass is 16.5. The molecule has 2 atom stereocenters. The molecule has 2 aliphatic rings. The van der Waals surface area contributed by atoms with Gasteiger partial charge in [0, 0.05) is 32.4 Å². The van der Waals surface area contributed by atoms with Crippen LogP contribution in [0.25, 0.3) is 0 Å². The summed E-state index contributed by atoms with van der Waals surface area (Å²) < 4.78 is 11.7. The minimum atomic E-state index is -0.270. The lowest BCUT2D eigenvalue weighted by molar-refractivity contribution is -0.134. The van der Waals surface area contributed by atoms with E-state index in [0.29, 0.717) is 56.1 Å². The summed E-state index contributed by atoms with van der Waals surface area (Å²) in [4.78, 5) is 32.7. The molecule has 2 fully saturated rings. The number of anilines is 1. The number of carbonyl (C=O) groups is 1. The maximum absolute atomic E-state index is 12.7. The first-order chi connectivity index (χ1) is 15.5. The van der Waals surface area contributed by atoms with Crippen LogP contribution in [0.3, 0.4) is 0 Å². The Morgan fingerprint density at radius 2 is 2.03 bits per heavy atom. The number of H-pyrrole nitrogens is 1. The zero-order chi connectivity index (χ0) is 22.5.